The minimum atomic E-state index is -0.135. The summed E-state index contributed by atoms with van der Waals surface area (Å²) < 4.78 is 2.10. The number of carbonyl (C=O) groups is 2. The fraction of sp³-hybridized carbons (Fsp3) is 0.400. The Hall–Kier alpha value is -2.93. The minimum absolute atomic E-state index is 0.0349. The van der Waals surface area contributed by atoms with Gasteiger partial charge in [0.25, 0.3) is 11.8 Å². The van der Waals surface area contributed by atoms with E-state index in [4.69, 9.17) is 0 Å². The fourth-order valence-electron chi connectivity index (χ4n) is 3.31. The summed E-state index contributed by atoms with van der Waals surface area (Å²) in [6.07, 6.45) is 2.88. The predicted octanol–water partition coefficient (Wildman–Crippen LogP) is 4.82. The van der Waals surface area contributed by atoms with Crippen LogP contribution in [0.3, 0.4) is 0 Å². The predicted molar refractivity (Wildman–Crippen MR) is 129 cm³/mol. The first-order valence-electron chi connectivity index (χ1n) is 11.1. The molecule has 3 aromatic rings. The summed E-state index contributed by atoms with van der Waals surface area (Å²) in [5.41, 5.74) is 2.20. The van der Waals surface area contributed by atoms with E-state index in [1.165, 1.54) is 11.3 Å². The molecule has 1 aromatic carbocycles. The number of hydrogen-bond acceptors (Lipinski definition) is 4. The Bertz CT molecular complexity index is 1030. The molecule has 32 heavy (non-hydrogen) atoms. The molecular weight excluding hydrogens is 420 g/mol. The molecule has 6 nitrogen and oxygen atoms in total. The van der Waals surface area contributed by atoms with Gasteiger partial charge in [-0.05, 0) is 43.5 Å². The Morgan fingerprint density at radius 3 is 2.56 bits per heavy atom. The van der Waals surface area contributed by atoms with Crippen LogP contribution in [-0.2, 0) is 13.1 Å². The molecule has 1 unspecified atom stereocenters. The maximum atomic E-state index is 13.0. The van der Waals surface area contributed by atoms with Crippen LogP contribution in [0.5, 0.6) is 0 Å². The van der Waals surface area contributed by atoms with Crippen molar-refractivity contribution in [3.63, 3.8) is 0 Å². The van der Waals surface area contributed by atoms with Crippen LogP contribution in [0.2, 0.25) is 0 Å². The lowest BCUT2D eigenvalue weighted by Crippen LogP contribution is -2.36. The quantitative estimate of drug-likeness (QED) is 0.480. The van der Waals surface area contributed by atoms with Crippen molar-refractivity contribution in [3.05, 3.63) is 76.0 Å². The van der Waals surface area contributed by atoms with E-state index in [0.29, 0.717) is 36.8 Å². The van der Waals surface area contributed by atoms with Gasteiger partial charge in [0.1, 0.15) is 10.7 Å². The maximum Gasteiger partial charge on any atom is 0.270 e. The molecule has 2 amide bonds. The highest BCUT2D eigenvalue weighted by Crippen LogP contribution is 2.16. The minimum Gasteiger partial charge on any atom is -0.348 e. The number of nitrogens with one attached hydrogen (secondary N) is 1. The lowest BCUT2D eigenvalue weighted by atomic mass is 10.1. The van der Waals surface area contributed by atoms with Crippen LogP contribution in [0.4, 0.5) is 0 Å². The van der Waals surface area contributed by atoms with Gasteiger partial charge in [-0.3, -0.25) is 9.59 Å². The Morgan fingerprint density at radius 2 is 1.88 bits per heavy atom. The standard InChI is InChI=1S/C25H32N4O2S/c1-5-13-29(25(31)20-10-7-6-8-11-20)15-21-12-9-14-28(21)16-23-27-22(17-32-23)24(30)26-19(4)18(2)3/h6-12,14,17-19H,5,13,15-16H2,1-4H3,(H,26,30). The van der Waals surface area contributed by atoms with Gasteiger partial charge in [0.05, 0.1) is 13.1 Å². The van der Waals surface area contributed by atoms with Crippen LogP contribution in [0.15, 0.2) is 54.0 Å². The summed E-state index contributed by atoms with van der Waals surface area (Å²) in [6.45, 7) is 10.0. The first-order valence-corrected chi connectivity index (χ1v) is 12.0. The molecule has 7 heteroatoms. The van der Waals surface area contributed by atoms with E-state index in [-0.39, 0.29) is 17.9 Å². The van der Waals surface area contributed by atoms with E-state index < -0.39 is 0 Å². The Labute approximate surface area is 194 Å². The van der Waals surface area contributed by atoms with Gasteiger partial charge in [0.2, 0.25) is 0 Å². The molecule has 0 bridgehead atoms. The average Bonchev–Trinajstić information content (AvgIpc) is 3.43. The number of hydrogen-bond donors (Lipinski definition) is 1. The highest BCUT2D eigenvalue weighted by Gasteiger charge is 2.18. The third-order valence-electron chi connectivity index (χ3n) is 5.53. The van der Waals surface area contributed by atoms with Crippen molar-refractivity contribution in [1.29, 1.82) is 0 Å². The maximum absolute atomic E-state index is 13.0. The summed E-state index contributed by atoms with van der Waals surface area (Å²) >= 11 is 1.48. The van der Waals surface area contributed by atoms with Gasteiger partial charge in [0, 0.05) is 35.4 Å². The summed E-state index contributed by atoms with van der Waals surface area (Å²) in [5, 5.41) is 5.67. The highest BCUT2D eigenvalue weighted by molar-refractivity contribution is 7.09. The van der Waals surface area contributed by atoms with Crippen LogP contribution in [-0.4, -0.2) is 38.9 Å². The molecule has 0 spiro atoms. The van der Waals surface area contributed by atoms with Gasteiger partial charge < -0.3 is 14.8 Å². The van der Waals surface area contributed by atoms with Gasteiger partial charge in [-0.25, -0.2) is 4.98 Å². The Morgan fingerprint density at radius 1 is 1.12 bits per heavy atom. The number of carbonyl (C=O) groups excluding carboxylic acids is 2. The van der Waals surface area contributed by atoms with Crippen molar-refractivity contribution < 1.29 is 9.59 Å². The molecule has 0 aliphatic carbocycles. The molecule has 0 saturated heterocycles. The molecule has 0 fully saturated rings. The molecule has 2 aromatic heterocycles. The van der Waals surface area contributed by atoms with Crippen LogP contribution < -0.4 is 5.32 Å². The number of rotatable bonds is 10. The van der Waals surface area contributed by atoms with Crippen molar-refractivity contribution in [2.24, 2.45) is 5.92 Å². The van der Waals surface area contributed by atoms with Gasteiger partial charge in [-0.15, -0.1) is 11.3 Å². The van der Waals surface area contributed by atoms with Gasteiger partial charge in [-0.2, -0.15) is 0 Å². The zero-order valence-electron chi connectivity index (χ0n) is 19.2. The van der Waals surface area contributed by atoms with Crippen LogP contribution >= 0.6 is 11.3 Å². The zero-order chi connectivity index (χ0) is 23.1. The normalized spacial score (nSPS) is 12.0. The molecule has 0 aliphatic rings. The fourth-order valence-corrected chi connectivity index (χ4v) is 4.08. The van der Waals surface area contributed by atoms with E-state index in [1.54, 1.807) is 0 Å². The largest absolute Gasteiger partial charge is 0.348 e. The molecule has 3 rings (SSSR count). The second-order valence-corrected chi connectivity index (χ2v) is 9.30. The third kappa shape index (κ3) is 6.07. The van der Waals surface area contributed by atoms with E-state index in [9.17, 15) is 9.59 Å². The summed E-state index contributed by atoms with van der Waals surface area (Å²) in [4.78, 5) is 31.9. The van der Waals surface area contributed by atoms with Gasteiger partial charge >= 0.3 is 0 Å². The van der Waals surface area contributed by atoms with Gasteiger partial charge in [0.15, 0.2) is 0 Å². The van der Waals surface area contributed by atoms with E-state index in [0.717, 1.165) is 17.1 Å². The molecular formula is C25H32N4O2S. The lowest BCUT2D eigenvalue weighted by molar-refractivity contribution is 0.0739. The summed E-state index contributed by atoms with van der Waals surface area (Å²) in [7, 11) is 0. The Balaban J connectivity index is 1.69. The molecule has 2 heterocycles. The summed E-state index contributed by atoms with van der Waals surface area (Å²) in [6, 6.07) is 13.5. The molecule has 170 valence electrons. The zero-order valence-corrected chi connectivity index (χ0v) is 20.1. The molecule has 0 aliphatic heterocycles. The number of thiazole rings is 1. The molecule has 0 radical (unpaired) electrons. The molecule has 0 saturated carbocycles. The second kappa shape index (κ2) is 11.1. The first kappa shape index (κ1) is 23.7. The Kier molecular flexibility index (Phi) is 8.22. The number of aromatic nitrogens is 2. The molecule has 1 N–H and O–H groups in total. The lowest BCUT2D eigenvalue weighted by Gasteiger charge is -2.23. The van der Waals surface area contributed by atoms with E-state index >= 15 is 0 Å². The van der Waals surface area contributed by atoms with Crippen LogP contribution in [0.25, 0.3) is 0 Å². The van der Waals surface area contributed by atoms with E-state index in [1.807, 2.05) is 65.9 Å². The topological polar surface area (TPSA) is 67.2 Å². The SMILES string of the molecule is CCCN(Cc1cccn1Cc1nc(C(=O)NC(C)C(C)C)cs1)C(=O)c1ccccc1. The highest BCUT2D eigenvalue weighted by atomic mass is 32.1. The molecule has 1 atom stereocenters. The smallest absolute Gasteiger partial charge is 0.270 e. The van der Waals surface area contributed by atoms with Crippen molar-refractivity contribution in [2.45, 2.75) is 53.2 Å². The van der Waals surface area contributed by atoms with Crippen molar-refractivity contribution in [1.82, 2.24) is 19.8 Å². The average molecular weight is 453 g/mol. The first-order chi connectivity index (χ1) is 15.4. The van der Waals surface area contributed by atoms with Crippen molar-refractivity contribution in [2.75, 3.05) is 6.54 Å². The van der Waals surface area contributed by atoms with E-state index in [2.05, 4.69) is 35.6 Å². The second-order valence-electron chi connectivity index (χ2n) is 8.35. The third-order valence-corrected chi connectivity index (χ3v) is 6.36. The number of benzene rings is 1. The monoisotopic (exact) mass is 452 g/mol. The van der Waals surface area contributed by atoms with Crippen LogP contribution in [0.1, 0.15) is 65.7 Å². The number of amides is 2. The summed E-state index contributed by atoms with van der Waals surface area (Å²) in [5.74, 6) is 0.265. The van der Waals surface area contributed by atoms with Crippen molar-refractivity contribution >= 4 is 23.2 Å². The van der Waals surface area contributed by atoms with Crippen molar-refractivity contribution in [3.8, 4) is 0 Å². The number of nitrogens with zero attached hydrogens (tertiary/aromatic N) is 3. The van der Waals surface area contributed by atoms with Crippen LogP contribution in [0, 0.1) is 5.92 Å². The van der Waals surface area contributed by atoms with Gasteiger partial charge in [-0.1, -0.05) is 39.0 Å².